The number of H-pyrrole nitrogens is 1. The van der Waals surface area contributed by atoms with E-state index in [0.717, 1.165) is 30.6 Å². The molecule has 3 aromatic rings. The largest absolute Gasteiger partial charge is 0.497 e. The number of nitrogens with one attached hydrogen (secondary N) is 2. The van der Waals surface area contributed by atoms with Crippen molar-refractivity contribution in [3.63, 3.8) is 0 Å². The number of hydrogen-bond acceptors (Lipinski definition) is 5. The number of carbonyl (C=O) groups is 1. The highest BCUT2D eigenvalue weighted by atomic mass is 16.5. The third kappa shape index (κ3) is 3.90. The van der Waals surface area contributed by atoms with Gasteiger partial charge in [-0.15, -0.1) is 5.10 Å². The number of aromatic nitrogens is 4. The van der Waals surface area contributed by atoms with Gasteiger partial charge in [0.1, 0.15) is 11.6 Å². The fraction of sp³-hybridized carbons (Fsp3) is 0.333. The Balaban J connectivity index is 1.90. The molecule has 0 radical (unpaired) electrons. The molecule has 0 atom stereocenters. The minimum absolute atomic E-state index is 0.146. The molecule has 136 valence electrons. The number of aromatic amines is 1. The van der Waals surface area contributed by atoms with Gasteiger partial charge in [0, 0.05) is 18.1 Å². The summed E-state index contributed by atoms with van der Waals surface area (Å²) in [5.74, 6) is 1.60. The van der Waals surface area contributed by atoms with E-state index < -0.39 is 0 Å². The molecular weight excluding hydrogens is 334 g/mol. The van der Waals surface area contributed by atoms with Crippen LogP contribution in [0.15, 0.2) is 35.1 Å². The summed E-state index contributed by atoms with van der Waals surface area (Å²) < 4.78 is 6.57. The number of hydrogen-bond donors (Lipinski definition) is 2. The highest BCUT2D eigenvalue weighted by Gasteiger charge is 2.13. The molecule has 1 amide bonds. The van der Waals surface area contributed by atoms with E-state index in [0.29, 0.717) is 18.1 Å². The molecule has 0 spiro atoms. The zero-order valence-corrected chi connectivity index (χ0v) is 14.8. The lowest BCUT2D eigenvalue weighted by Gasteiger charge is -2.05. The average Bonchev–Trinajstić information content (AvgIpc) is 3.06. The average molecular weight is 355 g/mol. The van der Waals surface area contributed by atoms with Gasteiger partial charge in [0.25, 0.3) is 5.56 Å². The second kappa shape index (κ2) is 7.81. The number of fused-ring (bicyclic) bond motifs is 1. The molecule has 3 rings (SSSR count). The van der Waals surface area contributed by atoms with Crippen LogP contribution in [0.25, 0.3) is 17.2 Å². The van der Waals surface area contributed by atoms with Crippen LogP contribution in [0.5, 0.6) is 5.75 Å². The summed E-state index contributed by atoms with van der Waals surface area (Å²) >= 11 is 0. The van der Waals surface area contributed by atoms with Crippen LogP contribution in [0, 0.1) is 0 Å². The molecule has 0 saturated heterocycles. The normalized spacial score (nSPS) is 10.8. The van der Waals surface area contributed by atoms with Gasteiger partial charge >= 0.3 is 0 Å². The Labute approximate surface area is 150 Å². The first-order valence-electron chi connectivity index (χ1n) is 8.55. The lowest BCUT2D eigenvalue weighted by molar-refractivity contribution is -0.116. The van der Waals surface area contributed by atoms with Gasteiger partial charge in [0.15, 0.2) is 5.82 Å². The standard InChI is InChI=1S/C18H21N5O3/c1-3-4-5-6-15(24)19-14-11-16(25)20-18-21-17(22-23(14)18)12-7-9-13(26-2)10-8-12/h7-11H,3-6H2,1-2H3,(H,19,24)(H,20,21,22,25). The van der Waals surface area contributed by atoms with Crippen molar-refractivity contribution in [3.05, 3.63) is 40.7 Å². The van der Waals surface area contributed by atoms with Gasteiger partial charge in [-0.25, -0.2) is 0 Å². The summed E-state index contributed by atoms with van der Waals surface area (Å²) in [4.78, 5) is 30.9. The van der Waals surface area contributed by atoms with Crippen molar-refractivity contribution in [2.24, 2.45) is 0 Å². The number of anilines is 1. The molecule has 0 unspecified atom stereocenters. The Hall–Kier alpha value is -3.16. The van der Waals surface area contributed by atoms with Gasteiger partial charge in [0.05, 0.1) is 7.11 Å². The number of amides is 1. The van der Waals surface area contributed by atoms with Crippen molar-refractivity contribution in [1.29, 1.82) is 0 Å². The predicted molar refractivity (Wildman–Crippen MR) is 98.4 cm³/mol. The summed E-state index contributed by atoms with van der Waals surface area (Å²) in [7, 11) is 1.60. The van der Waals surface area contributed by atoms with Gasteiger partial charge in [-0.1, -0.05) is 19.8 Å². The first-order chi connectivity index (χ1) is 12.6. The first kappa shape index (κ1) is 17.7. The van der Waals surface area contributed by atoms with Crippen molar-refractivity contribution in [2.45, 2.75) is 32.6 Å². The molecule has 8 nitrogen and oxygen atoms in total. The summed E-state index contributed by atoms with van der Waals surface area (Å²) in [6.45, 7) is 2.08. The Morgan fingerprint density at radius 2 is 2.04 bits per heavy atom. The monoisotopic (exact) mass is 355 g/mol. The number of rotatable bonds is 7. The number of methoxy groups -OCH3 is 1. The van der Waals surface area contributed by atoms with E-state index in [2.05, 4.69) is 27.3 Å². The van der Waals surface area contributed by atoms with E-state index in [1.807, 2.05) is 12.1 Å². The Kier molecular flexibility index (Phi) is 5.31. The summed E-state index contributed by atoms with van der Waals surface area (Å²) in [5, 5.41) is 7.16. The summed E-state index contributed by atoms with van der Waals surface area (Å²) in [6.07, 6.45) is 3.24. The second-order valence-electron chi connectivity index (χ2n) is 5.92. The van der Waals surface area contributed by atoms with Gasteiger partial charge in [-0.05, 0) is 30.7 Å². The van der Waals surface area contributed by atoms with Crippen molar-refractivity contribution in [3.8, 4) is 17.1 Å². The van der Waals surface area contributed by atoms with Crippen LogP contribution >= 0.6 is 0 Å². The van der Waals surface area contributed by atoms with Crippen molar-refractivity contribution < 1.29 is 9.53 Å². The number of benzene rings is 1. The fourth-order valence-electron chi connectivity index (χ4n) is 2.58. The highest BCUT2D eigenvalue weighted by molar-refractivity contribution is 5.90. The van der Waals surface area contributed by atoms with Gasteiger partial charge in [-0.3, -0.25) is 14.6 Å². The van der Waals surface area contributed by atoms with E-state index in [1.54, 1.807) is 19.2 Å². The highest BCUT2D eigenvalue weighted by Crippen LogP contribution is 2.20. The molecule has 1 aromatic carbocycles. The lowest BCUT2D eigenvalue weighted by Crippen LogP contribution is -2.18. The molecular formula is C18H21N5O3. The summed E-state index contributed by atoms with van der Waals surface area (Å²) in [5.41, 5.74) is 0.422. The van der Waals surface area contributed by atoms with Gasteiger partial charge in [0.2, 0.25) is 11.7 Å². The molecule has 2 N–H and O–H groups in total. The Bertz CT molecular complexity index is 959. The van der Waals surface area contributed by atoms with Crippen LogP contribution in [0.4, 0.5) is 5.82 Å². The van der Waals surface area contributed by atoms with Crippen molar-refractivity contribution in [1.82, 2.24) is 19.6 Å². The van der Waals surface area contributed by atoms with Crippen molar-refractivity contribution >= 4 is 17.5 Å². The van der Waals surface area contributed by atoms with Crippen molar-refractivity contribution in [2.75, 3.05) is 12.4 Å². The SMILES string of the molecule is CCCCCC(=O)Nc1cc(=O)[nH]c2nc(-c3ccc(OC)cc3)nn12. The minimum atomic E-state index is -0.352. The van der Waals surface area contributed by atoms with Crippen LogP contribution in [0.3, 0.4) is 0 Å². The molecule has 0 aliphatic heterocycles. The number of ether oxygens (including phenoxy) is 1. The molecule has 0 bridgehead atoms. The minimum Gasteiger partial charge on any atom is -0.497 e. The summed E-state index contributed by atoms with van der Waals surface area (Å²) in [6, 6.07) is 8.57. The lowest BCUT2D eigenvalue weighted by atomic mass is 10.2. The molecule has 0 aliphatic rings. The molecule has 0 saturated carbocycles. The fourth-order valence-corrected chi connectivity index (χ4v) is 2.58. The molecule has 0 aliphatic carbocycles. The van der Waals surface area contributed by atoms with Crippen LogP contribution in [-0.4, -0.2) is 32.6 Å². The molecule has 8 heteroatoms. The van der Waals surface area contributed by atoms with Crippen LogP contribution in [0.1, 0.15) is 32.6 Å². The topological polar surface area (TPSA) is 101 Å². The van der Waals surface area contributed by atoms with E-state index in [1.165, 1.54) is 10.6 Å². The van der Waals surface area contributed by atoms with Crippen LogP contribution in [-0.2, 0) is 4.79 Å². The quantitative estimate of drug-likeness (QED) is 0.634. The van der Waals surface area contributed by atoms with E-state index in [4.69, 9.17) is 4.74 Å². The van der Waals surface area contributed by atoms with Gasteiger partial charge in [-0.2, -0.15) is 9.50 Å². The second-order valence-corrected chi connectivity index (χ2v) is 5.92. The van der Waals surface area contributed by atoms with E-state index in [9.17, 15) is 9.59 Å². The maximum Gasteiger partial charge on any atom is 0.254 e. The smallest absolute Gasteiger partial charge is 0.254 e. The van der Waals surface area contributed by atoms with Gasteiger partial charge < -0.3 is 10.1 Å². The molecule has 2 heterocycles. The zero-order valence-electron chi connectivity index (χ0n) is 14.8. The molecule has 26 heavy (non-hydrogen) atoms. The Morgan fingerprint density at radius 1 is 1.27 bits per heavy atom. The zero-order chi connectivity index (χ0) is 18.5. The van der Waals surface area contributed by atoms with E-state index in [-0.39, 0.29) is 17.2 Å². The number of carbonyl (C=O) groups excluding carboxylic acids is 1. The Morgan fingerprint density at radius 3 is 2.73 bits per heavy atom. The predicted octanol–water partition coefficient (Wildman–Crippen LogP) is 2.61. The maximum absolute atomic E-state index is 12.1. The van der Waals surface area contributed by atoms with Crippen LogP contribution in [0.2, 0.25) is 0 Å². The molecule has 0 fully saturated rings. The van der Waals surface area contributed by atoms with Crippen LogP contribution < -0.4 is 15.6 Å². The maximum atomic E-state index is 12.1. The number of unbranched alkanes of at least 4 members (excludes halogenated alkanes) is 2. The first-order valence-corrected chi connectivity index (χ1v) is 8.55. The third-order valence-electron chi connectivity index (χ3n) is 3.96. The molecule has 2 aromatic heterocycles. The third-order valence-corrected chi connectivity index (χ3v) is 3.96. The van der Waals surface area contributed by atoms with E-state index >= 15 is 0 Å². The number of nitrogens with zero attached hydrogens (tertiary/aromatic N) is 3.